The van der Waals surface area contributed by atoms with E-state index in [2.05, 4.69) is 61.4 Å². The third-order valence-corrected chi connectivity index (χ3v) is 9.64. The lowest BCUT2D eigenvalue weighted by Gasteiger charge is -2.32. The average Bonchev–Trinajstić information content (AvgIpc) is 3.46. The standard InChI is InChI=1S/C27H39N5O2.C8H10O3S/c1-7-32(6,8-2)17-11-16-28-25(33)15-14-20-18-21(27(3,4)5)26(34)24(19-20)31-29-22-12-9-10-13-23(22)30-31;1-7-3-5-8(6-4-7)12(9,10)11-2/h9-10,12-13,18-19H,7-8,11,14-17H2,1-6H3,(H-,28,33,34);3-6H,1-2H3/p+1. The van der Waals surface area contributed by atoms with Crippen LogP contribution >= 0.6 is 0 Å². The van der Waals surface area contributed by atoms with Gasteiger partial charge in [-0.1, -0.05) is 56.7 Å². The highest BCUT2D eigenvalue weighted by Crippen LogP contribution is 2.36. The summed E-state index contributed by atoms with van der Waals surface area (Å²) in [4.78, 5) is 14.2. The smallest absolute Gasteiger partial charge is 0.296 e. The summed E-state index contributed by atoms with van der Waals surface area (Å²) < 4.78 is 27.5. The number of nitrogens with one attached hydrogen (secondary N) is 1. The number of phenolic OH excluding ortho intramolecular Hbond substituents is 1. The van der Waals surface area contributed by atoms with Crippen LogP contribution in [-0.2, 0) is 30.9 Å². The molecule has 46 heavy (non-hydrogen) atoms. The molecular weight excluding hydrogens is 602 g/mol. The number of carbonyl (C=O) groups is 1. The van der Waals surface area contributed by atoms with E-state index in [4.69, 9.17) is 0 Å². The first-order valence-corrected chi connectivity index (χ1v) is 17.2. The van der Waals surface area contributed by atoms with Crippen LogP contribution in [0.1, 0.15) is 64.2 Å². The molecule has 4 rings (SSSR count). The summed E-state index contributed by atoms with van der Waals surface area (Å²) >= 11 is 0. The molecule has 0 saturated carbocycles. The van der Waals surface area contributed by atoms with Crippen molar-refractivity contribution in [1.29, 1.82) is 0 Å². The molecule has 0 aliphatic heterocycles. The highest BCUT2D eigenvalue weighted by Gasteiger charge is 2.23. The van der Waals surface area contributed by atoms with Gasteiger partial charge < -0.3 is 14.9 Å². The van der Waals surface area contributed by atoms with Crippen LogP contribution in [0.4, 0.5) is 0 Å². The summed E-state index contributed by atoms with van der Waals surface area (Å²) in [6.45, 7) is 16.5. The molecule has 0 aliphatic carbocycles. The van der Waals surface area contributed by atoms with E-state index in [1.54, 1.807) is 12.1 Å². The van der Waals surface area contributed by atoms with E-state index in [1.807, 2.05) is 43.3 Å². The minimum absolute atomic E-state index is 0.0529. The quantitative estimate of drug-likeness (QED) is 0.115. The summed E-state index contributed by atoms with van der Waals surface area (Å²) in [5.41, 5.74) is 4.62. The molecule has 0 spiro atoms. The SMILES string of the molecule is CC[N+](C)(CC)CCCNC(=O)CCc1cc(-n2nc3ccccc3n2)c(O)c(C(C)(C)C)c1.COS(=O)(=O)c1ccc(C)cc1. The number of amides is 1. The zero-order valence-electron chi connectivity index (χ0n) is 28.5. The molecule has 1 aromatic heterocycles. The summed E-state index contributed by atoms with van der Waals surface area (Å²) in [7, 11) is -0.109. The number of quaternary nitrogens is 1. The normalized spacial score (nSPS) is 12.1. The maximum absolute atomic E-state index is 12.5. The molecule has 3 aromatic carbocycles. The van der Waals surface area contributed by atoms with E-state index in [0.717, 1.165) is 65.4 Å². The van der Waals surface area contributed by atoms with Crippen LogP contribution < -0.4 is 5.32 Å². The zero-order valence-corrected chi connectivity index (χ0v) is 29.3. The first kappa shape index (κ1) is 36.7. The number of aromatic hydroxyl groups is 1. The first-order chi connectivity index (χ1) is 21.6. The second-order valence-corrected chi connectivity index (χ2v) is 14.6. The molecule has 11 heteroatoms. The van der Waals surface area contributed by atoms with Crippen LogP contribution in [0.3, 0.4) is 0 Å². The van der Waals surface area contributed by atoms with Crippen molar-refractivity contribution in [2.45, 2.75) is 71.1 Å². The van der Waals surface area contributed by atoms with Crippen molar-refractivity contribution >= 4 is 27.1 Å². The number of phenols is 1. The van der Waals surface area contributed by atoms with E-state index >= 15 is 0 Å². The van der Waals surface area contributed by atoms with E-state index < -0.39 is 10.1 Å². The second kappa shape index (κ2) is 15.7. The number of fused-ring (bicyclic) bond motifs is 1. The van der Waals surface area contributed by atoms with Gasteiger partial charge in [0.15, 0.2) is 0 Å². The fraction of sp³-hybridized carbons (Fsp3) is 0.457. The lowest BCUT2D eigenvalue weighted by atomic mass is 9.84. The monoisotopic (exact) mass is 652 g/mol. The van der Waals surface area contributed by atoms with Crippen LogP contribution in [0, 0.1) is 6.92 Å². The van der Waals surface area contributed by atoms with Crippen LogP contribution in [0.25, 0.3) is 16.7 Å². The molecular formula is C35H50N5O5S+. The van der Waals surface area contributed by atoms with Crippen LogP contribution in [-0.4, -0.2) is 79.2 Å². The van der Waals surface area contributed by atoms with Crippen LogP contribution in [0.5, 0.6) is 5.75 Å². The Bertz CT molecular complexity index is 1670. The van der Waals surface area contributed by atoms with Gasteiger partial charge in [0.25, 0.3) is 10.1 Å². The molecule has 0 fully saturated rings. The van der Waals surface area contributed by atoms with Gasteiger partial charge in [-0.25, -0.2) is 0 Å². The Morgan fingerprint density at radius 3 is 2.11 bits per heavy atom. The summed E-state index contributed by atoms with van der Waals surface area (Å²) in [5.74, 6) is 0.228. The minimum Gasteiger partial charge on any atom is -0.505 e. The third-order valence-electron chi connectivity index (χ3n) is 8.35. The van der Waals surface area contributed by atoms with E-state index in [-0.39, 0.29) is 22.0 Å². The molecule has 250 valence electrons. The molecule has 1 amide bonds. The molecule has 1 heterocycles. The lowest BCUT2D eigenvalue weighted by molar-refractivity contribution is -0.906. The molecule has 0 unspecified atom stereocenters. The zero-order chi connectivity index (χ0) is 34.1. The Labute approximate surface area is 274 Å². The molecule has 0 aliphatic rings. The molecule has 0 bridgehead atoms. The summed E-state index contributed by atoms with van der Waals surface area (Å²) in [6.07, 6.45) is 1.96. The van der Waals surface area contributed by atoms with Gasteiger partial charge in [0, 0.05) is 24.9 Å². The van der Waals surface area contributed by atoms with Crippen LogP contribution in [0.2, 0.25) is 0 Å². The van der Waals surface area contributed by atoms with Gasteiger partial charge in [-0.15, -0.1) is 15.0 Å². The highest BCUT2D eigenvalue weighted by molar-refractivity contribution is 7.86. The Hall–Kier alpha value is -3.80. The third kappa shape index (κ3) is 9.85. The van der Waals surface area contributed by atoms with Gasteiger partial charge in [-0.05, 0) is 68.5 Å². The number of benzene rings is 3. The number of nitrogens with zero attached hydrogens (tertiary/aromatic N) is 4. The Morgan fingerprint density at radius 2 is 1.59 bits per heavy atom. The maximum Gasteiger partial charge on any atom is 0.296 e. The predicted molar refractivity (Wildman–Crippen MR) is 183 cm³/mol. The highest BCUT2D eigenvalue weighted by atomic mass is 32.2. The largest absolute Gasteiger partial charge is 0.505 e. The second-order valence-electron chi connectivity index (χ2n) is 12.9. The van der Waals surface area contributed by atoms with Gasteiger partial charge in [0.2, 0.25) is 5.91 Å². The summed E-state index contributed by atoms with van der Waals surface area (Å²) in [6, 6.07) is 18.0. The van der Waals surface area contributed by atoms with Gasteiger partial charge in [-0.2, -0.15) is 8.42 Å². The Morgan fingerprint density at radius 1 is 1.00 bits per heavy atom. The number of rotatable bonds is 12. The van der Waals surface area contributed by atoms with E-state index in [0.29, 0.717) is 25.1 Å². The summed E-state index contributed by atoms with van der Waals surface area (Å²) in [5, 5.41) is 23.2. The van der Waals surface area contributed by atoms with Crippen molar-refractivity contribution in [2.24, 2.45) is 0 Å². The van der Waals surface area contributed by atoms with Gasteiger partial charge >= 0.3 is 0 Å². The van der Waals surface area contributed by atoms with Crippen molar-refractivity contribution in [3.8, 4) is 11.4 Å². The lowest BCUT2D eigenvalue weighted by Crippen LogP contribution is -2.45. The number of hydrogen-bond donors (Lipinski definition) is 2. The van der Waals surface area contributed by atoms with E-state index in [1.165, 1.54) is 16.9 Å². The van der Waals surface area contributed by atoms with Crippen molar-refractivity contribution < 1.29 is 27.0 Å². The predicted octanol–water partition coefficient (Wildman–Crippen LogP) is 5.68. The van der Waals surface area contributed by atoms with Gasteiger partial charge in [0.05, 0.1) is 38.7 Å². The molecule has 0 atom stereocenters. The van der Waals surface area contributed by atoms with Crippen molar-refractivity contribution in [3.05, 3.63) is 77.4 Å². The van der Waals surface area contributed by atoms with Crippen LogP contribution in [0.15, 0.2) is 65.6 Å². The average molecular weight is 653 g/mol. The molecule has 10 nitrogen and oxygen atoms in total. The maximum atomic E-state index is 12.5. The minimum atomic E-state index is -3.51. The Kier molecular flexibility index (Phi) is 12.5. The van der Waals surface area contributed by atoms with Gasteiger partial charge in [0.1, 0.15) is 22.5 Å². The Balaban J connectivity index is 0.000000402. The van der Waals surface area contributed by atoms with Crippen molar-refractivity contribution in [3.63, 3.8) is 0 Å². The van der Waals surface area contributed by atoms with E-state index in [9.17, 15) is 18.3 Å². The van der Waals surface area contributed by atoms with Crippen molar-refractivity contribution in [1.82, 2.24) is 20.3 Å². The fourth-order valence-electron chi connectivity index (χ4n) is 4.89. The molecule has 2 N–H and O–H groups in total. The number of aryl methyl sites for hydroxylation is 2. The topological polar surface area (TPSA) is 123 Å². The van der Waals surface area contributed by atoms with Gasteiger partial charge in [-0.3, -0.25) is 8.98 Å². The molecule has 0 radical (unpaired) electrons. The molecule has 4 aromatic rings. The molecule has 0 saturated heterocycles. The number of carbonyl (C=O) groups excluding carboxylic acids is 1. The van der Waals surface area contributed by atoms with Crippen molar-refractivity contribution in [2.75, 3.05) is 40.3 Å². The number of hydrogen-bond acceptors (Lipinski definition) is 7. The number of aromatic nitrogens is 3. The first-order valence-electron chi connectivity index (χ1n) is 15.8. The fourth-order valence-corrected chi connectivity index (χ4v) is 5.55.